The van der Waals surface area contributed by atoms with Crippen LogP contribution in [0, 0.1) is 0 Å². The Hall–Kier alpha value is -0.120. The van der Waals surface area contributed by atoms with Crippen LogP contribution < -0.4 is 5.73 Å². The van der Waals surface area contributed by atoms with E-state index in [1.165, 1.54) is 58.3 Å². The number of hydrogen-bond acceptors (Lipinski definition) is 3. The third-order valence-corrected chi connectivity index (χ3v) is 4.67. The van der Waals surface area contributed by atoms with Gasteiger partial charge in [-0.2, -0.15) is 0 Å². The molecule has 1 rings (SSSR count). The van der Waals surface area contributed by atoms with Crippen LogP contribution in [-0.4, -0.2) is 54.6 Å². The van der Waals surface area contributed by atoms with Gasteiger partial charge in [0.2, 0.25) is 0 Å². The number of rotatable bonds is 7. The summed E-state index contributed by atoms with van der Waals surface area (Å²) in [4.78, 5) is 5.24. The van der Waals surface area contributed by atoms with Crippen molar-refractivity contribution in [3.8, 4) is 0 Å². The molecule has 0 aliphatic carbocycles. The second kappa shape index (κ2) is 8.13. The highest BCUT2D eigenvalue weighted by Crippen LogP contribution is 2.28. The Morgan fingerprint density at radius 2 is 1.94 bits per heavy atom. The molecular formula is C15H33N3. The molecule has 0 amide bonds. The minimum atomic E-state index is 0.272. The van der Waals surface area contributed by atoms with Gasteiger partial charge in [0.25, 0.3) is 0 Å². The van der Waals surface area contributed by atoms with Crippen molar-refractivity contribution in [3.63, 3.8) is 0 Å². The van der Waals surface area contributed by atoms with E-state index in [0.29, 0.717) is 0 Å². The van der Waals surface area contributed by atoms with Gasteiger partial charge in [0.15, 0.2) is 0 Å². The summed E-state index contributed by atoms with van der Waals surface area (Å²) in [5.74, 6) is 0. The summed E-state index contributed by atoms with van der Waals surface area (Å²) in [6, 6.07) is 0. The van der Waals surface area contributed by atoms with Crippen LogP contribution in [0.15, 0.2) is 0 Å². The van der Waals surface area contributed by atoms with Crippen LogP contribution in [0.2, 0.25) is 0 Å². The number of nitrogens with two attached hydrogens (primary N) is 1. The Balaban J connectivity index is 2.69. The molecule has 108 valence electrons. The van der Waals surface area contributed by atoms with Gasteiger partial charge in [-0.15, -0.1) is 0 Å². The molecule has 3 nitrogen and oxygen atoms in total. The van der Waals surface area contributed by atoms with Crippen molar-refractivity contribution in [1.82, 2.24) is 9.80 Å². The first-order valence-corrected chi connectivity index (χ1v) is 7.89. The normalized spacial score (nSPS) is 26.5. The van der Waals surface area contributed by atoms with Crippen LogP contribution >= 0.6 is 0 Å². The first kappa shape index (κ1) is 15.9. The summed E-state index contributed by atoms with van der Waals surface area (Å²) in [5, 5.41) is 0. The van der Waals surface area contributed by atoms with Gasteiger partial charge in [0.1, 0.15) is 0 Å². The molecule has 0 spiro atoms. The summed E-state index contributed by atoms with van der Waals surface area (Å²) in [5.41, 5.74) is 6.45. The molecular weight excluding hydrogens is 222 g/mol. The van der Waals surface area contributed by atoms with Gasteiger partial charge in [0.05, 0.1) is 0 Å². The van der Waals surface area contributed by atoms with Crippen LogP contribution in [-0.2, 0) is 0 Å². The molecule has 1 saturated heterocycles. The highest BCUT2D eigenvalue weighted by molar-refractivity contribution is 4.94. The maximum absolute atomic E-state index is 6.18. The molecule has 18 heavy (non-hydrogen) atoms. The van der Waals surface area contributed by atoms with Gasteiger partial charge in [-0.25, -0.2) is 0 Å². The molecule has 3 heteroatoms. The molecule has 0 aromatic carbocycles. The number of unbranched alkanes of at least 4 members (excludes halogenated alkanes) is 1. The Morgan fingerprint density at radius 1 is 1.17 bits per heavy atom. The molecule has 1 aliphatic heterocycles. The second-order valence-corrected chi connectivity index (χ2v) is 5.65. The number of hydrogen-bond donors (Lipinski definition) is 1. The Morgan fingerprint density at radius 3 is 2.50 bits per heavy atom. The van der Waals surface area contributed by atoms with E-state index >= 15 is 0 Å². The molecule has 0 bridgehead atoms. The zero-order chi connectivity index (χ0) is 13.4. The van der Waals surface area contributed by atoms with E-state index in [9.17, 15) is 0 Å². The number of nitrogens with zero attached hydrogens (tertiary/aromatic N) is 2. The predicted octanol–water partition coefficient (Wildman–Crippen LogP) is 2.31. The van der Waals surface area contributed by atoms with Crippen LogP contribution in [0.4, 0.5) is 0 Å². The highest BCUT2D eigenvalue weighted by Gasteiger charge is 2.35. The third kappa shape index (κ3) is 3.94. The lowest BCUT2D eigenvalue weighted by molar-refractivity contribution is 0.0820. The molecule has 0 saturated carbocycles. The summed E-state index contributed by atoms with van der Waals surface area (Å²) >= 11 is 0. The van der Waals surface area contributed by atoms with E-state index in [4.69, 9.17) is 5.73 Å². The smallest absolute Gasteiger partial charge is 0.0344 e. The maximum atomic E-state index is 6.18. The van der Waals surface area contributed by atoms with E-state index in [1.54, 1.807) is 0 Å². The molecule has 0 aromatic rings. The van der Waals surface area contributed by atoms with Gasteiger partial charge in [0, 0.05) is 12.1 Å². The van der Waals surface area contributed by atoms with E-state index < -0.39 is 0 Å². The fourth-order valence-electron chi connectivity index (χ4n) is 3.28. The summed E-state index contributed by atoms with van der Waals surface area (Å²) < 4.78 is 0. The first-order chi connectivity index (χ1) is 8.72. The second-order valence-electron chi connectivity index (χ2n) is 5.65. The van der Waals surface area contributed by atoms with Gasteiger partial charge in [-0.1, -0.05) is 27.2 Å². The van der Waals surface area contributed by atoms with E-state index in [1.807, 2.05) is 0 Å². The fourth-order valence-corrected chi connectivity index (χ4v) is 3.28. The zero-order valence-electron chi connectivity index (χ0n) is 12.7. The number of likely N-dealkylation sites (N-methyl/N-ethyl adjacent to an activating group) is 1. The van der Waals surface area contributed by atoms with Crippen molar-refractivity contribution in [1.29, 1.82) is 0 Å². The lowest BCUT2D eigenvalue weighted by Crippen LogP contribution is -2.54. The van der Waals surface area contributed by atoms with Crippen molar-refractivity contribution in [2.24, 2.45) is 5.73 Å². The van der Waals surface area contributed by atoms with Crippen molar-refractivity contribution < 1.29 is 0 Å². The summed E-state index contributed by atoms with van der Waals surface area (Å²) in [6.07, 6.45) is 6.39. The minimum Gasteiger partial charge on any atom is -0.329 e. The van der Waals surface area contributed by atoms with Gasteiger partial charge < -0.3 is 10.6 Å². The molecule has 0 aromatic heterocycles. The molecule has 1 unspecified atom stereocenters. The molecule has 1 heterocycles. The number of likely N-dealkylation sites (tertiary alicyclic amines) is 1. The van der Waals surface area contributed by atoms with E-state index in [2.05, 4.69) is 30.6 Å². The quantitative estimate of drug-likeness (QED) is 0.758. The topological polar surface area (TPSA) is 32.5 Å². The van der Waals surface area contributed by atoms with Crippen molar-refractivity contribution >= 4 is 0 Å². The van der Waals surface area contributed by atoms with Crippen LogP contribution in [0.25, 0.3) is 0 Å². The Labute approximate surface area is 114 Å². The zero-order valence-corrected chi connectivity index (χ0v) is 12.7. The van der Waals surface area contributed by atoms with Crippen LogP contribution in [0.3, 0.4) is 0 Å². The molecule has 2 N–H and O–H groups in total. The SMILES string of the molecule is CCCCN(CC)C1(CN)CCCN(CC)CC1. The van der Waals surface area contributed by atoms with E-state index in [-0.39, 0.29) is 5.54 Å². The van der Waals surface area contributed by atoms with Crippen molar-refractivity contribution in [2.75, 3.05) is 39.3 Å². The van der Waals surface area contributed by atoms with Crippen molar-refractivity contribution in [3.05, 3.63) is 0 Å². The van der Waals surface area contributed by atoms with Gasteiger partial charge in [-0.05, 0) is 58.4 Å². The third-order valence-electron chi connectivity index (χ3n) is 4.67. The molecule has 1 aliphatic rings. The summed E-state index contributed by atoms with van der Waals surface area (Å²) in [6.45, 7) is 13.7. The molecule has 1 fully saturated rings. The average Bonchev–Trinajstić information content (AvgIpc) is 2.63. The minimum absolute atomic E-state index is 0.272. The average molecular weight is 255 g/mol. The summed E-state index contributed by atoms with van der Waals surface area (Å²) in [7, 11) is 0. The lowest BCUT2D eigenvalue weighted by atomic mass is 9.88. The largest absolute Gasteiger partial charge is 0.329 e. The monoisotopic (exact) mass is 255 g/mol. The highest BCUT2D eigenvalue weighted by atomic mass is 15.2. The van der Waals surface area contributed by atoms with Crippen LogP contribution in [0.1, 0.15) is 52.9 Å². The standard InChI is InChI=1S/C15H33N3/c1-4-7-12-18(6-3)15(14-16)9-8-11-17(5-2)13-10-15/h4-14,16H2,1-3H3. The van der Waals surface area contributed by atoms with Crippen LogP contribution in [0.5, 0.6) is 0 Å². The maximum Gasteiger partial charge on any atom is 0.0344 e. The van der Waals surface area contributed by atoms with Gasteiger partial charge in [-0.3, -0.25) is 4.90 Å². The fraction of sp³-hybridized carbons (Fsp3) is 1.00. The Bertz CT molecular complexity index is 220. The predicted molar refractivity (Wildman–Crippen MR) is 79.9 cm³/mol. The van der Waals surface area contributed by atoms with Crippen molar-refractivity contribution in [2.45, 2.75) is 58.4 Å². The van der Waals surface area contributed by atoms with Gasteiger partial charge >= 0.3 is 0 Å². The Kier molecular flexibility index (Phi) is 7.20. The molecule has 1 atom stereocenters. The lowest BCUT2D eigenvalue weighted by Gasteiger charge is -2.43. The molecule has 0 radical (unpaired) electrons. The van der Waals surface area contributed by atoms with E-state index in [0.717, 1.165) is 13.1 Å². The first-order valence-electron chi connectivity index (χ1n) is 7.89.